The number of piperidine rings is 1. The standard InChI is InChI=1S/C25H30ClN3O5/c1-32-21-12-17-8-11-29(20(14-24(30)34-3)19(17)13-22(21)33-2)25(31)16-6-9-28(10-7-16)23-5-4-18(26)15-27-23/h4-5,12-13,15-16,20H,6-11,14H2,1-3H3. The highest BCUT2D eigenvalue weighted by Gasteiger charge is 2.37. The van der Waals surface area contributed by atoms with Gasteiger partial charge in [-0.3, -0.25) is 9.59 Å². The van der Waals surface area contributed by atoms with Crippen LogP contribution in [0.2, 0.25) is 5.02 Å². The summed E-state index contributed by atoms with van der Waals surface area (Å²) in [5.41, 5.74) is 1.96. The first-order valence-electron chi connectivity index (χ1n) is 11.4. The molecular weight excluding hydrogens is 458 g/mol. The molecule has 3 heterocycles. The Labute approximate surface area is 204 Å². The molecular formula is C25H30ClN3O5. The van der Waals surface area contributed by atoms with Crippen LogP contribution in [0.25, 0.3) is 0 Å². The molecule has 1 saturated heterocycles. The number of fused-ring (bicyclic) bond motifs is 1. The number of ether oxygens (including phenoxy) is 3. The molecule has 2 aliphatic heterocycles. The molecule has 0 bridgehead atoms. The van der Waals surface area contributed by atoms with Crippen LogP contribution in [0.1, 0.15) is 36.4 Å². The summed E-state index contributed by atoms with van der Waals surface area (Å²) in [4.78, 5) is 34.4. The van der Waals surface area contributed by atoms with Gasteiger partial charge in [-0.25, -0.2) is 4.98 Å². The number of nitrogens with zero attached hydrogens (tertiary/aromatic N) is 3. The highest BCUT2D eigenvalue weighted by atomic mass is 35.5. The normalized spacial score (nSPS) is 18.3. The average Bonchev–Trinajstić information content (AvgIpc) is 2.88. The third-order valence-electron chi connectivity index (χ3n) is 6.75. The molecule has 2 aliphatic rings. The number of rotatable bonds is 6. The first-order chi connectivity index (χ1) is 16.4. The molecule has 1 unspecified atom stereocenters. The van der Waals surface area contributed by atoms with Crippen molar-refractivity contribution in [3.63, 3.8) is 0 Å². The molecule has 182 valence electrons. The number of halogens is 1. The predicted molar refractivity (Wildman–Crippen MR) is 129 cm³/mol. The highest BCUT2D eigenvalue weighted by Crippen LogP contribution is 2.40. The number of hydrogen-bond acceptors (Lipinski definition) is 7. The number of esters is 1. The van der Waals surface area contributed by atoms with E-state index in [0.717, 1.165) is 42.9 Å². The number of methoxy groups -OCH3 is 3. The highest BCUT2D eigenvalue weighted by molar-refractivity contribution is 6.30. The molecule has 4 rings (SSSR count). The topological polar surface area (TPSA) is 81.2 Å². The van der Waals surface area contributed by atoms with E-state index in [9.17, 15) is 9.59 Å². The van der Waals surface area contributed by atoms with Crippen LogP contribution in [0.15, 0.2) is 30.5 Å². The summed E-state index contributed by atoms with van der Waals surface area (Å²) < 4.78 is 15.9. The van der Waals surface area contributed by atoms with Gasteiger partial charge >= 0.3 is 5.97 Å². The van der Waals surface area contributed by atoms with Gasteiger partial charge in [0.25, 0.3) is 0 Å². The van der Waals surface area contributed by atoms with E-state index in [0.29, 0.717) is 29.5 Å². The number of carbonyl (C=O) groups is 2. The minimum atomic E-state index is -0.403. The van der Waals surface area contributed by atoms with Crippen LogP contribution < -0.4 is 14.4 Å². The lowest BCUT2D eigenvalue weighted by molar-refractivity contribution is -0.145. The molecule has 1 aromatic carbocycles. The summed E-state index contributed by atoms with van der Waals surface area (Å²) in [6.07, 6.45) is 3.87. The Kier molecular flexibility index (Phi) is 7.46. The largest absolute Gasteiger partial charge is 0.493 e. The van der Waals surface area contributed by atoms with Gasteiger partial charge in [0, 0.05) is 31.7 Å². The Morgan fingerprint density at radius 1 is 1.06 bits per heavy atom. The zero-order valence-electron chi connectivity index (χ0n) is 19.8. The number of pyridine rings is 1. The number of amides is 1. The first kappa shape index (κ1) is 24.1. The molecule has 9 heteroatoms. The van der Waals surface area contributed by atoms with Crippen molar-refractivity contribution in [3.05, 3.63) is 46.6 Å². The van der Waals surface area contributed by atoms with Crippen LogP contribution in [0.5, 0.6) is 11.5 Å². The van der Waals surface area contributed by atoms with Gasteiger partial charge in [-0.05, 0) is 54.7 Å². The van der Waals surface area contributed by atoms with E-state index >= 15 is 0 Å². The monoisotopic (exact) mass is 487 g/mol. The molecule has 0 radical (unpaired) electrons. The third kappa shape index (κ3) is 4.92. The van der Waals surface area contributed by atoms with Gasteiger partial charge in [0.15, 0.2) is 11.5 Å². The van der Waals surface area contributed by atoms with E-state index in [1.165, 1.54) is 7.11 Å². The van der Waals surface area contributed by atoms with Gasteiger partial charge in [-0.1, -0.05) is 11.6 Å². The van der Waals surface area contributed by atoms with E-state index in [1.54, 1.807) is 20.4 Å². The average molecular weight is 488 g/mol. The molecule has 8 nitrogen and oxygen atoms in total. The second kappa shape index (κ2) is 10.5. The van der Waals surface area contributed by atoms with Crippen molar-refractivity contribution >= 4 is 29.3 Å². The molecule has 1 aromatic heterocycles. The van der Waals surface area contributed by atoms with Crippen LogP contribution in [0, 0.1) is 5.92 Å². The number of aromatic nitrogens is 1. The molecule has 34 heavy (non-hydrogen) atoms. The van der Waals surface area contributed by atoms with Gasteiger partial charge in [-0.2, -0.15) is 0 Å². The lowest BCUT2D eigenvalue weighted by atomic mass is 9.87. The van der Waals surface area contributed by atoms with Gasteiger partial charge in [-0.15, -0.1) is 0 Å². The van der Waals surface area contributed by atoms with Gasteiger partial charge in [0.2, 0.25) is 5.91 Å². The predicted octanol–water partition coefficient (Wildman–Crippen LogP) is 3.66. The van der Waals surface area contributed by atoms with Crippen LogP contribution in [0.3, 0.4) is 0 Å². The van der Waals surface area contributed by atoms with Crippen molar-refractivity contribution in [1.82, 2.24) is 9.88 Å². The summed E-state index contributed by atoms with van der Waals surface area (Å²) in [5, 5.41) is 0.602. The minimum absolute atomic E-state index is 0.0815. The maximum atomic E-state index is 13.7. The molecule has 1 fully saturated rings. The van der Waals surface area contributed by atoms with Crippen LogP contribution >= 0.6 is 11.6 Å². The number of benzene rings is 1. The molecule has 0 saturated carbocycles. The van der Waals surface area contributed by atoms with Crippen LogP contribution in [-0.4, -0.2) is 62.7 Å². The fourth-order valence-corrected chi connectivity index (χ4v) is 5.01. The summed E-state index contributed by atoms with van der Waals surface area (Å²) in [6.45, 7) is 2.02. The Hall–Kier alpha value is -3.00. The maximum Gasteiger partial charge on any atom is 0.307 e. The van der Waals surface area contributed by atoms with E-state index in [2.05, 4.69) is 9.88 Å². The van der Waals surface area contributed by atoms with E-state index in [-0.39, 0.29) is 24.2 Å². The first-order valence-corrected chi connectivity index (χ1v) is 11.8. The molecule has 1 atom stereocenters. The SMILES string of the molecule is COC(=O)CC1c2cc(OC)c(OC)cc2CCN1C(=O)C1CCN(c2ccc(Cl)cn2)CC1. The van der Waals surface area contributed by atoms with E-state index in [1.807, 2.05) is 29.2 Å². The van der Waals surface area contributed by atoms with Crippen molar-refractivity contribution in [1.29, 1.82) is 0 Å². The Bertz CT molecular complexity index is 1040. The Morgan fingerprint density at radius 2 is 1.76 bits per heavy atom. The Balaban J connectivity index is 1.53. The minimum Gasteiger partial charge on any atom is -0.493 e. The lowest BCUT2D eigenvalue weighted by Crippen LogP contribution is -2.47. The van der Waals surface area contributed by atoms with E-state index < -0.39 is 6.04 Å². The molecule has 0 aliphatic carbocycles. The lowest BCUT2D eigenvalue weighted by Gasteiger charge is -2.41. The van der Waals surface area contributed by atoms with Crippen LogP contribution in [-0.2, 0) is 20.7 Å². The molecule has 0 spiro atoms. The third-order valence-corrected chi connectivity index (χ3v) is 6.98. The van der Waals surface area contributed by atoms with Crippen LogP contribution in [0.4, 0.5) is 5.82 Å². The Morgan fingerprint density at radius 3 is 2.38 bits per heavy atom. The second-order valence-corrected chi connectivity index (χ2v) is 9.02. The molecule has 1 amide bonds. The number of hydrogen-bond donors (Lipinski definition) is 0. The van der Waals surface area contributed by atoms with Crippen molar-refractivity contribution in [2.24, 2.45) is 5.92 Å². The zero-order valence-corrected chi connectivity index (χ0v) is 20.5. The summed E-state index contributed by atoms with van der Waals surface area (Å²) in [7, 11) is 4.54. The molecule has 0 N–H and O–H groups in total. The molecule has 2 aromatic rings. The second-order valence-electron chi connectivity index (χ2n) is 8.58. The fraction of sp³-hybridized carbons (Fsp3) is 0.480. The van der Waals surface area contributed by atoms with Gasteiger partial charge < -0.3 is 24.0 Å². The van der Waals surface area contributed by atoms with Gasteiger partial charge in [0.1, 0.15) is 5.82 Å². The zero-order chi connectivity index (χ0) is 24.2. The smallest absolute Gasteiger partial charge is 0.307 e. The quantitative estimate of drug-likeness (QED) is 0.575. The fourth-order valence-electron chi connectivity index (χ4n) is 4.90. The van der Waals surface area contributed by atoms with Crippen molar-refractivity contribution < 1.29 is 23.8 Å². The number of anilines is 1. The number of carbonyl (C=O) groups excluding carboxylic acids is 2. The van der Waals surface area contributed by atoms with Crippen molar-refractivity contribution in [2.75, 3.05) is 45.9 Å². The van der Waals surface area contributed by atoms with Crippen molar-refractivity contribution in [3.8, 4) is 11.5 Å². The summed E-state index contributed by atoms with van der Waals surface area (Å²) in [5.74, 6) is 1.71. The maximum absolute atomic E-state index is 13.7. The van der Waals surface area contributed by atoms with E-state index in [4.69, 9.17) is 25.8 Å². The summed E-state index contributed by atoms with van der Waals surface area (Å²) in [6, 6.07) is 7.15. The van der Waals surface area contributed by atoms with Gasteiger partial charge in [0.05, 0.1) is 38.8 Å². The van der Waals surface area contributed by atoms with Crippen molar-refractivity contribution in [2.45, 2.75) is 31.7 Å². The summed E-state index contributed by atoms with van der Waals surface area (Å²) >= 11 is 5.95.